The molecule has 1 aromatic heterocycles. The quantitative estimate of drug-likeness (QED) is 0.653. The molecule has 0 radical (unpaired) electrons. The van der Waals surface area contributed by atoms with Crippen LogP contribution >= 0.6 is 0 Å². The number of hydrogen-bond acceptors (Lipinski definition) is 5. The van der Waals surface area contributed by atoms with E-state index in [1.54, 1.807) is 19.3 Å². The van der Waals surface area contributed by atoms with Gasteiger partial charge in [0.2, 0.25) is 5.91 Å². The zero-order chi connectivity index (χ0) is 25.0. The van der Waals surface area contributed by atoms with Crippen molar-refractivity contribution in [2.75, 3.05) is 37.6 Å². The number of piperazine rings is 1. The molecule has 2 aromatic rings. The molecule has 8 rings (SSSR count). The van der Waals surface area contributed by atoms with E-state index in [9.17, 15) is 9.18 Å². The Labute approximate surface area is 218 Å². The van der Waals surface area contributed by atoms with Gasteiger partial charge in [-0.1, -0.05) is 12.1 Å². The van der Waals surface area contributed by atoms with E-state index in [4.69, 9.17) is 9.97 Å². The lowest BCUT2D eigenvalue weighted by atomic mass is 9.91. The van der Waals surface area contributed by atoms with Crippen molar-refractivity contribution in [3.63, 3.8) is 0 Å². The average Bonchev–Trinajstić information content (AvgIpc) is 3.74. The van der Waals surface area contributed by atoms with Gasteiger partial charge in [0.1, 0.15) is 18.0 Å². The van der Waals surface area contributed by atoms with Gasteiger partial charge in [-0.3, -0.25) is 4.79 Å². The van der Waals surface area contributed by atoms with E-state index in [0.717, 1.165) is 43.4 Å². The number of rotatable bonds is 6. The summed E-state index contributed by atoms with van der Waals surface area (Å²) < 4.78 is 14.6. The standard InChI is InChI=1S/C30H36FN5O/c1-19-2-5-21(14-22(19)31)30(15-23(30)32-16-20-3-4-20)27(37)36-12-10-35(11-13-36)26-24-25(33-18-34-26)29(8-9-29)17-28(24)6-7-28/h2,5,14,18,20,23,32H,3-4,6-13,15-17H2,1H3/t23?,30-/m1/s1. The Morgan fingerprint density at radius 1 is 1.08 bits per heavy atom. The molecule has 5 aliphatic carbocycles. The maximum atomic E-state index is 14.6. The molecule has 2 heterocycles. The van der Waals surface area contributed by atoms with Crippen molar-refractivity contribution in [2.45, 2.75) is 80.6 Å². The third kappa shape index (κ3) is 3.35. The first kappa shape index (κ1) is 22.4. The molecule has 4 saturated carbocycles. The second-order valence-electron chi connectivity index (χ2n) is 13.0. The number of aryl methyl sites for hydroxylation is 1. The Bertz CT molecular complexity index is 1290. The van der Waals surface area contributed by atoms with Gasteiger partial charge in [-0.25, -0.2) is 14.4 Å². The van der Waals surface area contributed by atoms with Crippen LogP contribution in [0.25, 0.3) is 0 Å². The molecule has 5 fully saturated rings. The highest BCUT2D eigenvalue weighted by atomic mass is 19.1. The molecule has 1 aromatic carbocycles. The number of fused-ring (bicyclic) bond motifs is 3. The minimum atomic E-state index is -0.641. The summed E-state index contributed by atoms with van der Waals surface area (Å²) in [5, 5.41) is 3.66. The van der Waals surface area contributed by atoms with Crippen LogP contribution in [0.2, 0.25) is 0 Å². The SMILES string of the molecule is Cc1ccc([C@]2(C(=O)N3CCN(c4ncnc5c4C4(CC4)CC54CC4)CC3)CC2NCC2CC2)cc1F. The second kappa shape index (κ2) is 7.52. The van der Waals surface area contributed by atoms with Gasteiger partial charge in [0, 0.05) is 48.6 Å². The number of benzene rings is 1. The molecule has 194 valence electrons. The Kier molecular flexibility index (Phi) is 4.56. The lowest BCUT2D eigenvalue weighted by molar-refractivity contribution is -0.134. The second-order valence-corrected chi connectivity index (χ2v) is 13.0. The van der Waals surface area contributed by atoms with Crippen LogP contribution in [-0.4, -0.2) is 59.5 Å². The monoisotopic (exact) mass is 501 g/mol. The van der Waals surface area contributed by atoms with Gasteiger partial charge in [-0.05, 0) is 87.9 Å². The number of anilines is 1. The average molecular weight is 502 g/mol. The van der Waals surface area contributed by atoms with Crippen LogP contribution in [0, 0.1) is 18.7 Å². The number of hydrogen-bond donors (Lipinski definition) is 1. The van der Waals surface area contributed by atoms with Gasteiger partial charge < -0.3 is 15.1 Å². The van der Waals surface area contributed by atoms with Crippen LogP contribution in [-0.2, 0) is 21.0 Å². The molecule has 2 spiro atoms. The zero-order valence-corrected chi connectivity index (χ0v) is 21.7. The highest BCUT2D eigenvalue weighted by Crippen LogP contribution is 2.70. The summed E-state index contributed by atoms with van der Waals surface area (Å²) in [6.07, 6.45) is 11.4. The Balaban J connectivity index is 1.03. The molecule has 1 amide bonds. The van der Waals surface area contributed by atoms with Crippen molar-refractivity contribution in [3.8, 4) is 0 Å². The van der Waals surface area contributed by atoms with Crippen LogP contribution in [0.3, 0.4) is 0 Å². The summed E-state index contributed by atoms with van der Waals surface area (Å²) in [7, 11) is 0. The number of carbonyl (C=O) groups excluding carboxylic acids is 1. The molecule has 1 saturated heterocycles. The first-order chi connectivity index (χ1) is 17.9. The molecule has 6 aliphatic rings. The minimum Gasteiger partial charge on any atom is -0.353 e. The number of amides is 1. The van der Waals surface area contributed by atoms with Gasteiger partial charge >= 0.3 is 0 Å². The van der Waals surface area contributed by atoms with Gasteiger partial charge in [0.05, 0.1) is 11.1 Å². The summed E-state index contributed by atoms with van der Waals surface area (Å²) in [6, 6.07) is 5.49. The van der Waals surface area contributed by atoms with Crippen LogP contribution in [0.15, 0.2) is 24.5 Å². The third-order valence-electron chi connectivity index (χ3n) is 10.5. The fraction of sp³-hybridized carbons (Fsp3) is 0.633. The summed E-state index contributed by atoms with van der Waals surface area (Å²) in [5.41, 5.74) is 4.24. The maximum Gasteiger partial charge on any atom is 0.235 e. The molecule has 2 atom stereocenters. The molecule has 1 unspecified atom stereocenters. The fourth-order valence-electron chi connectivity index (χ4n) is 7.56. The maximum absolute atomic E-state index is 14.6. The first-order valence-electron chi connectivity index (χ1n) is 14.3. The van der Waals surface area contributed by atoms with Crippen LogP contribution in [0.1, 0.15) is 73.8 Å². The van der Waals surface area contributed by atoms with Crippen molar-refractivity contribution in [2.24, 2.45) is 5.92 Å². The largest absolute Gasteiger partial charge is 0.353 e. The normalized spacial score (nSPS) is 30.1. The highest BCUT2D eigenvalue weighted by molar-refractivity contribution is 5.93. The van der Waals surface area contributed by atoms with Crippen molar-refractivity contribution >= 4 is 11.7 Å². The van der Waals surface area contributed by atoms with E-state index in [-0.39, 0.29) is 17.8 Å². The van der Waals surface area contributed by atoms with Crippen molar-refractivity contribution in [1.82, 2.24) is 20.2 Å². The molecule has 37 heavy (non-hydrogen) atoms. The molecule has 6 nitrogen and oxygen atoms in total. The van der Waals surface area contributed by atoms with Gasteiger partial charge in [-0.15, -0.1) is 0 Å². The van der Waals surface area contributed by atoms with Crippen molar-refractivity contribution in [3.05, 3.63) is 52.7 Å². The number of nitrogens with zero attached hydrogens (tertiary/aromatic N) is 4. The minimum absolute atomic E-state index is 0.0929. The Hall–Kier alpha value is -2.54. The Morgan fingerprint density at radius 3 is 2.51 bits per heavy atom. The number of nitrogens with one attached hydrogen (secondary N) is 1. The topological polar surface area (TPSA) is 61.4 Å². The Morgan fingerprint density at radius 2 is 1.84 bits per heavy atom. The third-order valence-corrected chi connectivity index (χ3v) is 10.5. The molecule has 7 heteroatoms. The van der Waals surface area contributed by atoms with Gasteiger partial charge in [-0.2, -0.15) is 0 Å². The summed E-state index contributed by atoms with van der Waals surface area (Å²) in [4.78, 5) is 28.2. The van der Waals surface area contributed by atoms with Gasteiger partial charge in [0.25, 0.3) is 0 Å². The molecular formula is C30H36FN5O. The van der Waals surface area contributed by atoms with Crippen LogP contribution in [0.5, 0.6) is 0 Å². The van der Waals surface area contributed by atoms with E-state index in [0.29, 0.717) is 29.5 Å². The lowest BCUT2D eigenvalue weighted by Gasteiger charge is -2.38. The van der Waals surface area contributed by atoms with E-state index >= 15 is 0 Å². The molecule has 1 N–H and O–H groups in total. The summed E-state index contributed by atoms with van der Waals surface area (Å²) in [6.45, 7) is 5.68. The zero-order valence-electron chi connectivity index (χ0n) is 21.7. The summed E-state index contributed by atoms with van der Waals surface area (Å²) in [5.74, 6) is 1.81. The van der Waals surface area contributed by atoms with Gasteiger partial charge in [0.15, 0.2) is 0 Å². The van der Waals surface area contributed by atoms with E-state index in [2.05, 4.69) is 10.2 Å². The molecule has 1 aliphatic heterocycles. The van der Waals surface area contributed by atoms with E-state index in [1.807, 2.05) is 17.0 Å². The lowest BCUT2D eigenvalue weighted by Crippen LogP contribution is -2.53. The van der Waals surface area contributed by atoms with Crippen LogP contribution < -0.4 is 10.2 Å². The fourth-order valence-corrected chi connectivity index (χ4v) is 7.56. The smallest absolute Gasteiger partial charge is 0.235 e. The van der Waals surface area contributed by atoms with Crippen molar-refractivity contribution < 1.29 is 9.18 Å². The predicted molar refractivity (Wildman–Crippen MR) is 139 cm³/mol. The highest BCUT2D eigenvalue weighted by Gasteiger charge is 2.65. The van der Waals surface area contributed by atoms with Crippen LogP contribution in [0.4, 0.5) is 10.2 Å². The molecule has 0 bridgehead atoms. The number of aromatic nitrogens is 2. The number of carbonyl (C=O) groups is 1. The predicted octanol–water partition coefficient (Wildman–Crippen LogP) is 3.75. The van der Waals surface area contributed by atoms with E-state index in [1.165, 1.54) is 56.2 Å². The van der Waals surface area contributed by atoms with Crippen molar-refractivity contribution in [1.29, 1.82) is 0 Å². The van der Waals surface area contributed by atoms with E-state index < -0.39 is 5.41 Å². The summed E-state index contributed by atoms with van der Waals surface area (Å²) >= 11 is 0. The number of halogens is 1. The molecular weight excluding hydrogens is 465 g/mol. The first-order valence-corrected chi connectivity index (χ1v) is 14.3.